The maximum Gasteiger partial charge on any atom is 0.217 e. The average Bonchev–Trinajstić information content (AvgIpc) is 2.18. The summed E-state index contributed by atoms with van der Waals surface area (Å²) >= 11 is 0. The lowest BCUT2D eigenvalue weighted by atomic mass is 10.0. The first-order valence-electron chi connectivity index (χ1n) is 4.64. The molecule has 1 aliphatic heterocycles. The van der Waals surface area contributed by atoms with Crippen LogP contribution in [0.4, 0.5) is 0 Å². The van der Waals surface area contributed by atoms with Gasteiger partial charge in [-0.3, -0.25) is 0 Å². The standard InChI is InChI=1S/C9H15NO3S/c1-2-7-14(12,13)10-5-3-9(8-11)4-6-10/h2,8-9H,1,3-7H2. The van der Waals surface area contributed by atoms with Crippen molar-refractivity contribution in [3.63, 3.8) is 0 Å². The van der Waals surface area contributed by atoms with Crippen molar-refractivity contribution in [3.8, 4) is 0 Å². The van der Waals surface area contributed by atoms with Gasteiger partial charge in [-0.1, -0.05) is 6.08 Å². The van der Waals surface area contributed by atoms with E-state index in [1.807, 2.05) is 0 Å². The van der Waals surface area contributed by atoms with E-state index in [0.717, 1.165) is 6.29 Å². The van der Waals surface area contributed by atoms with Gasteiger partial charge in [0, 0.05) is 19.0 Å². The van der Waals surface area contributed by atoms with Gasteiger partial charge in [0.15, 0.2) is 0 Å². The lowest BCUT2D eigenvalue weighted by Gasteiger charge is -2.28. The van der Waals surface area contributed by atoms with Crippen molar-refractivity contribution >= 4 is 16.3 Å². The lowest BCUT2D eigenvalue weighted by Crippen LogP contribution is -2.39. The molecule has 0 spiro atoms. The van der Waals surface area contributed by atoms with Crippen molar-refractivity contribution in [2.75, 3.05) is 18.8 Å². The van der Waals surface area contributed by atoms with E-state index in [4.69, 9.17) is 0 Å². The summed E-state index contributed by atoms with van der Waals surface area (Å²) in [7, 11) is -3.17. The van der Waals surface area contributed by atoms with Crippen molar-refractivity contribution in [1.82, 2.24) is 4.31 Å². The van der Waals surface area contributed by atoms with Gasteiger partial charge in [-0.2, -0.15) is 0 Å². The lowest BCUT2D eigenvalue weighted by molar-refractivity contribution is -0.112. The summed E-state index contributed by atoms with van der Waals surface area (Å²) in [6, 6.07) is 0. The van der Waals surface area contributed by atoms with Crippen LogP contribution in [0.15, 0.2) is 12.7 Å². The van der Waals surface area contributed by atoms with Crippen molar-refractivity contribution in [1.29, 1.82) is 0 Å². The number of hydrogen-bond acceptors (Lipinski definition) is 3. The summed E-state index contributed by atoms with van der Waals surface area (Å²) in [5.74, 6) is 0.0175. The zero-order chi connectivity index (χ0) is 10.6. The molecule has 4 nitrogen and oxygen atoms in total. The third-order valence-electron chi connectivity index (χ3n) is 2.41. The first kappa shape index (κ1) is 11.4. The fourth-order valence-corrected chi connectivity index (χ4v) is 2.82. The highest BCUT2D eigenvalue weighted by atomic mass is 32.2. The monoisotopic (exact) mass is 217 g/mol. The van der Waals surface area contributed by atoms with E-state index in [9.17, 15) is 13.2 Å². The Labute approximate surface area is 84.6 Å². The minimum Gasteiger partial charge on any atom is -0.303 e. The molecule has 0 N–H and O–H groups in total. The van der Waals surface area contributed by atoms with Gasteiger partial charge in [0.1, 0.15) is 6.29 Å². The summed E-state index contributed by atoms with van der Waals surface area (Å²) in [5.41, 5.74) is 0. The molecule has 0 radical (unpaired) electrons. The van der Waals surface area contributed by atoms with E-state index in [2.05, 4.69) is 6.58 Å². The molecule has 80 valence electrons. The number of nitrogens with zero attached hydrogens (tertiary/aromatic N) is 1. The molecule has 0 bridgehead atoms. The Bertz CT molecular complexity index is 302. The molecule has 5 heteroatoms. The highest BCUT2D eigenvalue weighted by Crippen LogP contribution is 2.17. The molecule has 0 aromatic rings. The molecule has 0 aromatic heterocycles. The van der Waals surface area contributed by atoms with Crippen molar-refractivity contribution in [2.45, 2.75) is 12.8 Å². The second-order valence-electron chi connectivity index (χ2n) is 3.44. The van der Waals surface area contributed by atoms with Crippen LogP contribution in [0.3, 0.4) is 0 Å². The Hall–Kier alpha value is -0.680. The van der Waals surface area contributed by atoms with Crippen LogP contribution in [-0.4, -0.2) is 37.9 Å². The Kier molecular flexibility index (Phi) is 3.83. The highest BCUT2D eigenvalue weighted by molar-refractivity contribution is 7.89. The van der Waals surface area contributed by atoms with Gasteiger partial charge in [0.2, 0.25) is 10.0 Å². The summed E-state index contributed by atoms with van der Waals surface area (Å²) in [6.45, 7) is 4.33. The number of carbonyl (C=O) groups is 1. The van der Waals surface area contributed by atoms with Crippen LogP contribution >= 0.6 is 0 Å². The third-order valence-corrected chi connectivity index (χ3v) is 4.22. The third kappa shape index (κ3) is 2.65. The summed E-state index contributed by atoms with van der Waals surface area (Å²) in [6.07, 6.45) is 3.58. The van der Waals surface area contributed by atoms with Gasteiger partial charge >= 0.3 is 0 Å². The minimum atomic E-state index is -3.17. The van der Waals surface area contributed by atoms with Gasteiger partial charge in [0.25, 0.3) is 0 Å². The van der Waals surface area contributed by atoms with Crippen LogP contribution in [0.25, 0.3) is 0 Å². The molecular formula is C9H15NO3S. The SMILES string of the molecule is C=CCS(=O)(=O)N1CCC(C=O)CC1. The molecule has 0 atom stereocenters. The fourth-order valence-electron chi connectivity index (χ4n) is 1.54. The molecular weight excluding hydrogens is 202 g/mol. The first-order valence-corrected chi connectivity index (χ1v) is 6.25. The quantitative estimate of drug-likeness (QED) is 0.506. The molecule has 0 saturated carbocycles. The van der Waals surface area contributed by atoms with E-state index in [1.165, 1.54) is 10.4 Å². The highest BCUT2D eigenvalue weighted by Gasteiger charge is 2.26. The maximum atomic E-state index is 11.5. The number of carbonyl (C=O) groups excluding carboxylic acids is 1. The van der Waals surface area contributed by atoms with E-state index < -0.39 is 10.0 Å². The molecule has 0 aromatic carbocycles. The van der Waals surface area contributed by atoms with Gasteiger partial charge in [-0.25, -0.2) is 12.7 Å². The van der Waals surface area contributed by atoms with Crippen molar-refractivity contribution < 1.29 is 13.2 Å². The number of aldehydes is 1. The van der Waals surface area contributed by atoms with Gasteiger partial charge in [-0.15, -0.1) is 6.58 Å². The first-order chi connectivity index (χ1) is 6.60. The largest absolute Gasteiger partial charge is 0.303 e. The summed E-state index contributed by atoms with van der Waals surface area (Å²) in [5, 5.41) is 0. The normalized spacial score (nSPS) is 20.6. The van der Waals surface area contributed by atoms with E-state index in [1.54, 1.807) is 0 Å². The molecule has 1 rings (SSSR count). The van der Waals surface area contributed by atoms with Crippen molar-refractivity contribution in [3.05, 3.63) is 12.7 Å². The Balaban J connectivity index is 2.57. The molecule has 0 aliphatic carbocycles. The molecule has 0 amide bonds. The van der Waals surface area contributed by atoms with Crippen LogP contribution in [0.2, 0.25) is 0 Å². The van der Waals surface area contributed by atoms with Crippen LogP contribution in [0.1, 0.15) is 12.8 Å². The number of hydrogen-bond donors (Lipinski definition) is 0. The van der Waals surface area contributed by atoms with E-state index in [0.29, 0.717) is 25.9 Å². The van der Waals surface area contributed by atoms with Gasteiger partial charge in [0.05, 0.1) is 5.75 Å². The van der Waals surface area contributed by atoms with Gasteiger partial charge in [-0.05, 0) is 12.8 Å². The molecule has 14 heavy (non-hydrogen) atoms. The molecule has 1 saturated heterocycles. The zero-order valence-electron chi connectivity index (χ0n) is 8.05. The maximum absolute atomic E-state index is 11.5. The predicted molar refractivity (Wildman–Crippen MR) is 54.3 cm³/mol. The number of piperidine rings is 1. The Morgan fingerprint density at radius 2 is 1.93 bits per heavy atom. The Morgan fingerprint density at radius 3 is 2.36 bits per heavy atom. The summed E-state index contributed by atoms with van der Waals surface area (Å²) < 4.78 is 24.5. The van der Waals surface area contributed by atoms with E-state index in [-0.39, 0.29) is 11.7 Å². The molecule has 1 fully saturated rings. The second kappa shape index (κ2) is 4.70. The van der Waals surface area contributed by atoms with Crippen LogP contribution in [0.5, 0.6) is 0 Å². The average molecular weight is 217 g/mol. The second-order valence-corrected chi connectivity index (χ2v) is 5.45. The Morgan fingerprint density at radius 1 is 1.36 bits per heavy atom. The predicted octanol–water partition coefficient (Wildman–Crippen LogP) is 0.413. The van der Waals surface area contributed by atoms with Crippen LogP contribution < -0.4 is 0 Å². The van der Waals surface area contributed by atoms with Gasteiger partial charge < -0.3 is 4.79 Å². The number of sulfonamides is 1. The fraction of sp³-hybridized carbons (Fsp3) is 0.667. The minimum absolute atomic E-state index is 0.0151. The van der Waals surface area contributed by atoms with Crippen LogP contribution in [0, 0.1) is 5.92 Å². The number of rotatable bonds is 4. The molecule has 1 aliphatic rings. The van der Waals surface area contributed by atoms with Crippen molar-refractivity contribution in [2.24, 2.45) is 5.92 Å². The smallest absolute Gasteiger partial charge is 0.217 e. The molecule has 1 heterocycles. The topological polar surface area (TPSA) is 54.5 Å². The zero-order valence-corrected chi connectivity index (χ0v) is 8.87. The van der Waals surface area contributed by atoms with E-state index >= 15 is 0 Å². The van der Waals surface area contributed by atoms with Crippen LogP contribution in [-0.2, 0) is 14.8 Å². The summed E-state index contributed by atoms with van der Waals surface area (Å²) in [4.78, 5) is 10.5. The molecule has 0 unspecified atom stereocenters.